The number of hydrogen-bond donors (Lipinski definition) is 1. The fraction of sp³-hybridized carbons (Fsp3) is 0.586. The van der Waals surface area contributed by atoms with Gasteiger partial charge in [0.15, 0.2) is 0 Å². The van der Waals surface area contributed by atoms with Gasteiger partial charge in [0.05, 0.1) is 7.11 Å². The second-order valence-corrected chi connectivity index (χ2v) is 10.9. The zero-order chi connectivity index (χ0) is 22.8. The van der Waals surface area contributed by atoms with Crippen molar-refractivity contribution in [3.63, 3.8) is 0 Å². The molecule has 2 saturated heterocycles. The van der Waals surface area contributed by atoms with E-state index in [9.17, 15) is 0 Å². The summed E-state index contributed by atoms with van der Waals surface area (Å²) in [4.78, 5) is 5.55. The second-order valence-electron chi connectivity index (χ2n) is 10.9. The monoisotopic (exact) mass is 447 g/mol. The Morgan fingerprint density at radius 1 is 1.00 bits per heavy atom. The molecule has 4 nitrogen and oxygen atoms in total. The Morgan fingerprint density at radius 2 is 1.73 bits per heavy atom. The van der Waals surface area contributed by atoms with Crippen LogP contribution < -0.4 is 10.1 Å². The van der Waals surface area contributed by atoms with Gasteiger partial charge in [0.25, 0.3) is 0 Å². The lowest BCUT2D eigenvalue weighted by Gasteiger charge is -2.57. The van der Waals surface area contributed by atoms with E-state index in [0.29, 0.717) is 17.4 Å². The molecule has 1 saturated carbocycles. The van der Waals surface area contributed by atoms with Crippen molar-refractivity contribution in [3.05, 3.63) is 65.2 Å². The molecule has 1 N–H and O–H groups in total. The number of rotatable bonds is 6. The fourth-order valence-electron chi connectivity index (χ4n) is 6.58. The molecular weight excluding hydrogens is 406 g/mol. The molecule has 1 atom stereocenters. The summed E-state index contributed by atoms with van der Waals surface area (Å²) in [5.41, 5.74) is 5.07. The molecule has 1 aliphatic carbocycles. The first-order chi connectivity index (χ1) is 16.1. The first kappa shape index (κ1) is 22.9. The van der Waals surface area contributed by atoms with Crippen molar-refractivity contribution in [2.24, 2.45) is 5.41 Å². The normalized spacial score (nSPS) is 24.2. The molecule has 0 amide bonds. The van der Waals surface area contributed by atoms with Crippen LogP contribution in [0.1, 0.15) is 68.2 Å². The van der Waals surface area contributed by atoms with Crippen LogP contribution in [0.25, 0.3) is 0 Å². The summed E-state index contributed by atoms with van der Waals surface area (Å²) < 4.78 is 5.35. The van der Waals surface area contributed by atoms with E-state index in [-0.39, 0.29) is 0 Å². The van der Waals surface area contributed by atoms with Gasteiger partial charge in [0, 0.05) is 38.3 Å². The Balaban J connectivity index is 1.35. The maximum absolute atomic E-state index is 5.35. The van der Waals surface area contributed by atoms with Crippen molar-refractivity contribution < 1.29 is 4.74 Å². The molecule has 2 heterocycles. The number of piperidine rings is 1. The largest absolute Gasteiger partial charge is 0.497 e. The van der Waals surface area contributed by atoms with Gasteiger partial charge in [0.2, 0.25) is 0 Å². The van der Waals surface area contributed by atoms with Crippen LogP contribution in [0, 0.1) is 5.41 Å². The van der Waals surface area contributed by atoms with E-state index >= 15 is 0 Å². The van der Waals surface area contributed by atoms with Gasteiger partial charge in [-0.3, -0.25) is 9.80 Å². The van der Waals surface area contributed by atoms with Crippen LogP contribution in [0.4, 0.5) is 0 Å². The van der Waals surface area contributed by atoms with E-state index in [4.69, 9.17) is 4.74 Å². The summed E-state index contributed by atoms with van der Waals surface area (Å²) in [7, 11) is 1.74. The number of nitrogens with zero attached hydrogens (tertiary/aromatic N) is 2. The standard InChI is InChI=1S/C29H41N3O/c1-22(2)26-6-4-5-7-27(26)28-21-31(20-23-8-10-25(33-3)11-9-23)16-17-32(28)24-18-29(19-24)12-14-30-15-13-29/h4-11,22,24,28,30H,12-21H2,1-3H3/t28-/m1/s1. The van der Waals surface area contributed by atoms with Crippen LogP contribution in [0.15, 0.2) is 48.5 Å². The van der Waals surface area contributed by atoms with Gasteiger partial charge in [-0.1, -0.05) is 50.2 Å². The highest BCUT2D eigenvalue weighted by molar-refractivity contribution is 5.34. The van der Waals surface area contributed by atoms with Gasteiger partial charge in [-0.2, -0.15) is 0 Å². The molecule has 2 aromatic rings. The van der Waals surface area contributed by atoms with Gasteiger partial charge in [-0.05, 0) is 78.9 Å². The van der Waals surface area contributed by atoms with Crippen LogP contribution in [0.5, 0.6) is 5.75 Å². The SMILES string of the molecule is COc1ccc(CN2CCN(C3CC4(CCNCC4)C3)[C@@H](c3ccccc3C(C)C)C2)cc1. The van der Waals surface area contributed by atoms with Crippen molar-refractivity contribution in [1.29, 1.82) is 0 Å². The summed E-state index contributed by atoms with van der Waals surface area (Å²) in [6, 6.07) is 19.1. The molecule has 5 rings (SSSR count). The van der Waals surface area contributed by atoms with Crippen molar-refractivity contribution in [2.45, 2.75) is 64.1 Å². The molecule has 3 fully saturated rings. The van der Waals surface area contributed by atoms with Crippen LogP contribution in [0.3, 0.4) is 0 Å². The maximum atomic E-state index is 5.35. The summed E-state index contributed by atoms with van der Waals surface area (Å²) in [6.07, 6.45) is 5.53. The van der Waals surface area contributed by atoms with E-state index < -0.39 is 0 Å². The van der Waals surface area contributed by atoms with Gasteiger partial charge in [0.1, 0.15) is 5.75 Å². The third kappa shape index (κ3) is 4.84. The van der Waals surface area contributed by atoms with Gasteiger partial charge in [-0.15, -0.1) is 0 Å². The number of hydrogen-bond acceptors (Lipinski definition) is 4. The van der Waals surface area contributed by atoms with E-state index in [1.165, 1.54) is 56.4 Å². The second kappa shape index (κ2) is 9.77. The van der Waals surface area contributed by atoms with Crippen LogP contribution in [-0.4, -0.2) is 55.7 Å². The Labute approximate surface area is 200 Å². The van der Waals surface area contributed by atoms with Crippen molar-refractivity contribution in [1.82, 2.24) is 15.1 Å². The smallest absolute Gasteiger partial charge is 0.118 e. The maximum Gasteiger partial charge on any atom is 0.118 e. The lowest BCUT2D eigenvalue weighted by molar-refractivity contribution is -0.0650. The molecule has 3 aliphatic rings. The number of methoxy groups -OCH3 is 1. The molecule has 4 heteroatoms. The molecule has 0 aromatic heterocycles. The lowest BCUT2D eigenvalue weighted by Crippen LogP contribution is -2.59. The van der Waals surface area contributed by atoms with E-state index in [2.05, 4.69) is 77.5 Å². The summed E-state index contributed by atoms with van der Waals surface area (Å²) in [5.74, 6) is 1.49. The van der Waals surface area contributed by atoms with E-state index in [1.807, 2.05) is 0 Å². The minimum absolute atomic E-state index is 0.486. The summed E-state index contributed by atoms with van der Waals surface area (Å²) >= 11 is 0. The molecule has 2 aliphatic heterocycles. The molecule has 1 spiro atoms. The molecule has 33 heavy (non-hydrogen) atoms. The summed E-state index contributed by atoms with van der Waals surface area (Å²) in [5, 5.41) is 3.57. The van der Waals surface area contributed by atoms with Crippen LogP contribution in [-0.2, 0) is 6.54 Å². The topological polar surface area (TPSA) is 27.7 Å². The number of ether oxygens (including phenoxy) is 1. The van der Waals surface area contributed by atoms with Gasteiger partial charge < -0.3 is 10.1 Å². The Hall–Kier alpha value is -1.88. The van der Waals surface area contributed by atoms with E-state index in [1.54, 1.807) is 12.7 Å². The molecule has 178 valence electrons. The number of nitrogens with one attached hydrogen (secondary N) is 1. The molecule has 0 unspecified atom stereocenters. The average molecular weight is 448 g/mol. The highest BCUT2D eigenvalue weighted by Crippen LogP contribution is 2.52. The van der Waals surface area contributed by atoms with Crippen LogP contribution in [0.2, 0.25) is 0 Å². The predicted octanol–water partition coefficient (Wildman–Crippen LogP) is 5.21. The zero-order valence-electron chi connectivity index (χ0n) is 20.7. The molecule has 0 radical (unpaired) electrons. The lowest BCUT2D eigenvalue weighted by atomic mass is 9.60. The minimum atomic E-state index is 0.486. The highest BCUT2D eigenvalue weighted by atomic mass is 16.5. The third-order valence-electron chi connectivity index (χ3n) is 8.52. The summed E-state index contributed by atoms with van der Waals surface area (Å²) in [6.45, 7) is 11.6. The Kier molecular flexibility index (Phi) is 6.78. The van der Waals surface area contributed by atoms with Gasteiger partial charge in [-0.25, -0.2) is 0 Å². The van der Waals surface area contributed by atoms with Gasteiger partial charge >= 0.3 is 0 Å². The quantitative estimate of drug-likeness (QED) is 0.658. The Bertz CT molecular complexity index is 911. The van der Waals surface area contributed by atoms with Crippen molar-refractivity contribution in [2.75, 3.05) is 39.8 Å². The predicted molar refractivity (Wildman–Crippen MR) is 136 cm³/mol. The average Bonchev–Trinajstić information content (AvgIpc) is 2.83. The fourth-order valence-corrected chi connectivity index (χ4v) is 6.58. The van der Waals surface area contributed by atoms with Crippen molar-refractivity contribution >= 4 is 0 Å². The van der Waals surface area contributed by atoms with Crippen molar-refractivity contribution in [3.8, 4) is 5.75 Å². The van der Waals surface area contributed by atoms with E-state index in [0.717, 1.165) is 31.4 Å². The third-order valence-corrected chi connectivity index (χ3v) is 8.52. The minimum Gasteiger partial charge on any atom is -0.497 e. The highest BCUT2D eigenvalue weighted by Gasteiger charge is 2.49. The molecule has 2 aromatic carbocycles. The molecule has 0 bridgehead atoms. The molecular formula is C29H41N3O. The first-order valence-electron chi connectivity index (χ1n) is 13.0. The number of benzene rings is 2. The number of piperazine rings is 1. The zero-order valence-corrected chi connectivity index (χ0v) is 20.7. The Morgan fingerprint density at radius 3 is 2.42 bits per heavy atom. The van der Waals surface area contributed by atoms with Crippen LogP contribution >= 0.6 is 0 Å². The first-order valence-corrected chi connectivity index (χ1v) is 13.0.